The predicted octanol–water partition coefficient (Wildman–Crippen LogP) is 4.00. The van der Waals surface area contributed by atoms with Crippen LogP contribution in [0.5, 0.6) is 0 Å². The van der Waals surface area contributed by atoms with E-state index in [4.69, 9.17) is 9.31 Å². The number of halogens is 5. The lowest BCUT2D eigenvalue weighted by molar-refractivity contribution is 0.00578. The maximum absolute atomic E-state index is 14.2. The van der Waals surface area contributed by atoms with Gasteiger partial charge < -0.3 is 9.31 Å². The van der Waals surface area contributed by atoms with Crippen LogP contribution < -0.4 is 0 Å². The van der Waals surface area contributed by atoms with Crippen LogP contribution in [-0.2, 0) is 9.31 Å². The minimum absolute atomic E-state index is 0.244. The minimum atomic E-state index is -1.91. The standard InChI is InChI=1S/C15H14BF5O3/c1-14(2)15(3,4)24-16(23-14)9(17)5-7-10(18)12(20)8(6-22)13(21)11(7)19/h5-6H,1-4H3. The van der Waals surface area contributed by atoms with Crippen molar-refractivity contribution in [3.63, 3.8) is 0 Å². The van der Waals surface area contributed by atoms with E-state index >= 15 is 0 Å². The van der Waals surface area contributed by atoms with Crippen LogP contribution in [0.25, 0.3) is 6.08 Å². The van der Waals surface area contributed by atoms with Crippen LogP contribution in [0.15, 0.2) is 5.73 Å². The largest absolute Gasteiger partial charge is 0.525 e. The summed E-state index contributed by atoms with van der Waals surface area (Å²) in [5.41, 5.74) is -5.82. The summed E-state index contributed by atoms with van der Waals surface area (Å²) >= 11 is 0. The molecule has 1 aliphatic rings. The number of rotatable bonds is 3. The van der Waals surface area contributed by atoms with Crippen molar-refractivity contribution in [3.05, 3.63) is 40.1 Å². The smallest absolute Gasteiger partial charge is 0.398 e. The Bertz CT molecular complexity index is 685. The normalized spacial score (nSPS) is 19.7. The molecule has 24 heavy (non-hydrogen) atoms. The number of carbonyl (C=O) groups excluding carboxylic acids is 1. The molecule has 0 aromatic heterocycles. The van der Waals surface area contributed by atoms with Crippen molar-refractivity contribution in [1.29, 1.82) is 0 Å². The van der Waals surface area contributed by atoms with Crippen LogP contribution in [-0.4, -0.2) is 24.6 Å². The number of hydrogen-bond acceptors (Lipinski definition) is 3. The second-order valence-electron chi connectivity index (χ2n) is 6.32. The van der Waals surface area contributed by atoms with Crippen molar-refractivity contribution in [2.75, 3.05) is 0 Å². The molecule has 1 heterocycles. The van der Waals surface area contributed by atoms with Crippen LogP contribution in [0, 0.1) is 23.3 Å². The first kappa shape index (κ1) is 18.6. The zero-order valence-electron chi connectivity index (χ0n) is 13.3. The third-order valence-corrected chi connectivity index (χ3v) is 4.21. The molecule has 9 heteroatoms. The summed E-state index contributed by atoms with van der Waals surface area (Å²) in [5, 5.41) is 0. The number of hydrogen-bond donors (Lipinski definition) is 0. The molecular weight excluding hydrogens is 334 g/mol. The van der Waals surface area contributed by atoms with Gasteiger partial charge in [0.1, 0.15) is 5.73 Å². The van der Waals surface area contributed by atoms with Gasteiger partial charge in [0.25, 0.3) is 0 Å². The van der Waals surface area contributed by atoms with Crippen molar-refractivity contribution in [3.8, 4) is 0 Å². The van der Waals surface area contributed by atoms with Crippen LogP contribution in [0.3, 0.4) is 0 Å². The van der Waals surface area contributed by atoms with Crippen molar-refractivity contribution in [2.24, 2.45) is 0 Å². The van der Waals surface area contributed by atoms with Gasteiger partial charge in [0.05, 0.1) is 22.3 Å². The third kappa shape index (κ3) is 2.86. The van der Waals surface area contributed by atoms with Crippen molar-refractivity contribution < 1.29 is 36.1 Å². The first-order valence-electron chi connectivity index (χ1n) is 6.96. The third-order valence-electron chi connectivity index (χ3n) is 4.21. The van der Waals surface area contributed by atoms with Gasteiger partial charge in [-0.3, -0.25) is 4.79 Å². The van der Waals surface area contributed by atoms with Gasteiger partial charge in [-0.25, -0.2) is 22.0 Å². The van der Waals surface area contributed by atoms with Crippen molar-refractivity contribution >= 4 is 19.5 Å². The van der Waals surface area contributed by atoms with E-state index in [1.165, 1.54) is 0 Å². The van der Waals surface area contributed by atoms with Gasteiger partial charge in [-0.2, -0.15) is 0 Å². The van der Waals surface area contributed by atoms with E-state index in [1.54, 1.807) is 27.7 Å². The molecule has 0 radical (unpaired) electrons. The van der Waals surface area contributed by atoms with Crippen LogP contribution in [0.4, 0.5) is 22.0 Å². The molecule has 0 amide bonds. The highest BCUT2D eigenvalue weighted by Crippen LogP contribution is 2.39. The number of carbonyl (C=O) groups is 1. The van der Waals surface area contributed by atoms with Gasteiger partial charge >= 0.3 is 7.12 Å². The van der Waals surface area contributed by atoms with E-state index < -0.39 is 58.4 Å². The highest BCUT2D eigenvalue weighted by atomic mass is 19.2. The Morgan fingerprint density at radius 2 is 1.25 bits per heavy atom. The molecule has 0 bridgehead atoms. The van der Waals surface area contributed by atoms with Crippen LogP contribution in [0.2, 0.25) is 0 Å². The summed E-state index contributed by atoms with van der Waals surface area (Å²) in [7, 11) is -1.59. The Labute approximate surface area is 135 Å². The molecule has 1 aromatic rings. The molecule has 0 N–H and O–H groups in total. The summed E-state index contributed by atoms with van der Waals surface area (Å²) in [4.78, 5) is 10.5. The van der Waals surface area contributed by atoms with E-state index in [9.17, 15) is 26.7 Å². The van der Waals surface area contributed by atoms with E-state index in [0.717, 1.165) is 0 Å². The van der Waals surface area contributed by atoms with Crippen molar-refractivity contribution in [2.45, 2.75) is 38.9 Å². The molecule has 1 aromatic carbocycles. The van der Waals surface area contributed by atoms with Gasteiger partial charge in [-0.1, -0.05) is 0 Å². The maximum Gasteiger partial charge on any atom is 0.525 e. The number of aldehydes is 1. The second kappa shape index (κ2) is 5.96. The Balaban J connectivity index is 2.48. The fourth-order valence-corrected chi connectivity index (χ4v) is 2.06. The van der Waals surface area contributed by atoms with Crippen LogP contribution in [0.1, 0.15) is 43.6 Å². The zero-order chi connectivity index (χ0) is 18.4. The lowest BCUT2D eigenvalue weighted by Crippen LogP contribution is -2.41. The molecular formula is C15H14BF5O3. The molecule has 2 rings (SSSR count). The molecule has 0 spiro atoms. The molecule has 0 unspecified atom stereocenters. The van der Waals surface area contributed by atoms with Crippen LogP contribution >= 0.6 is 0 Å². The highest BCUT2D eigenvalue weighted by molar-refractivity contribution is 6.54. The summed E-state index contributed by atoms with van der Waals surface area (Å²) in [6.45, 7) is 6.50. The van der Waals surface area contributed by atoms with Gasteiger partial charge in [0.15, 0.2) is 29.6 Å². The first-order valence-corrected chi connectivity index (χ1v) is 6.96. The Morgan fingerprint density at radius 1 is 0.875 bits per heavy atom. The van der Waals surface area contributed by atoms with E-state index in [-0.39, 0.29) is 12.4 Å². The lowest BCUT2D eigenvalue weighted by atomic mass is 9.86. The van der Waals surface area contributed by atoms with Gasteiger partial charge in [0, 0.05) is 0 Å². The maximum atomic E-state index is 14.2. The van der Waals surface area contributed by atoms with E-state index in [1.807, 2.05) is 0 Å². The minimum Gasteiger partial charge on any atom is -0.398 e. The fourth-order valence-electron chi connectivity index (χ4n) is 2.06. The van der Waals surface area contributed by atoms with Crippen molar-refractivity contribution in [1.82, 2.24) is 0 Å². The second-order valence-corrected chi connectivity index (χ2v) is 6.32. The lowest BCUT2D eigenvalue weighted by Gasteiger charge is -2.32. The Hall–Kier alpha value is -1.74. The van der Waals surface area contributed by atoms with E-state index in [0.29, 0.717) is 0 Å². The summed E-state index contributed by atoms with van der Waals surface area (Å²) < 4.78 is 79.6. The first-order chi connectivity index (χ1) is 10.9. The predicted molar refractivity (Wildman–Crippen MR) is 76.8 cm³/mol. The van der Waals surface area contributed by atoms with Gasteiger partial charge in [-0.15, -0.1) is 0 Å². The Morgan fingerprint density at radius 3 is 1.62 bits per heavy atom. The monoisotopic (exact) mass is 348 g/mol. The molecule has 0 aliphatic carbocycles. The molecule has 1 aliphatic heterocycles. The van der Waals surface area contributed by atoms with Gasteiger partial charge in [0.2, 0.25) is 0 Å². The number of benzene rings is 1. The van der Waals surface area contributed by atoms with E-state index in [2.05, 4.69) is 0 Å². The molecule has 0 saturated carbocycles. The molecule has 130 valence electrons. The molecule has 0 atom stereocenters. The van der Waals surface area contributed by atoms with Gasteiger partial charge in [-0.05, 0) is 33.8 Å². The SMILES string of the molecule is CC1(C)OB(C(F)=Cc2c(F)c(F)c(C=O)c(F)c2F)OC1(C)C. The topological polar surface area (TPSA) is 35.5 Å². The molecule has 3 nitrogen and oxygen atoms in total. The summed E-state index contributed by atoms with van der Waals surface area (Å²) in [5.74, 6) is -7.58. The zero-order valence-corrected chi connectivity index (χ0v) is 13.3. The average Bonchev–Trinajstić information content (AvgIpc) is 2.70. The summed E-state index contributed by atoms with van der Waals surface area (Å²) in [6.07, 6.45) is -0.123. The fraction of sp³-hybridized carbons (Fsp3) is 0.400. The summed E-state index contributed by atoms with van der Waals surface area (Å²) in [6, 6.07) is 0. The quantitative estimate of drug-likeness (QED) is 0.359. The average molecular weight is 348 g/mol. The molecule has 1 saturated heterocycles. The molecule has 1 fully saturated rings. The highest BCUT2D eigenvalue weighted by Gasteiger charge is 2.53. The Kier molecular flexibility index (Phi) is 4.62.